The second kappa shape index (κ2) is 5.29. The maximum Gasteiger partial charge on any atom is 0.155 e. The summed E-state index contributed by atoms with van der Waals surface area (Å²) in [7, 11) is 3.88. The van der Waals surface area contributed by atoms with E-state index in [1.807, 2.05) is 6.08 Å². The first-order valence-corrected chi connectivity index (χ1v) is 10.2. The van der Waals surface area contributed by atoms with E-state index < -0.39 is 0 Å². The lowest BCUT2D eigenvalue weighted by atomic mass is 9.47. The lowest BCUT2D eigenvalue weighted by Gasteiger charge is -2.58. The molecule has 3 fully saturated rings. The zero-order chi connectivity index (χ0) is 16.4. The van der Waals surface area contributed by atoms with Crippen LogP contribution in [0.1, 0.15) is 72.1 Å². The van der Waals surface area contributed by atoms with Crippen LogP contribution >= 0.6 is 8.86 Å². The number of carbonyl (C=O) groups excluding carboxylic acids is 1. The summed E-state index contributed by atoms with van der Waals surface area (Å²) >= 11 is 0. The van der Waals surface area contributed by atoms with Crippen LogP contribution in [0.3, 0.4) is 0 Å². The second-order valence-corrected chi connectivity index (χ2v) is 10.1. The van der Waals surface area contributed by atoms with Crippen LogP contribution in [-0.2, 0) is 4.79 Å². The lowest BCUT2D eigenvalue weighted by molar-refractivity contribution is -0.117. The third-order valence-corrected chi connectivity index (χ3v) is 8.83. The zero-order valence-electron chi connectivity index (χ0n) is 15.0. The van der Waals surface area contributed by atoms with Gasteiger partial charge in [-0.2, -0.15) is 0 Å². The van der Waals surface area contributed by atoms with Crippen LogP contribution in [0, 0.1) is 34.5 Å². The molecule has 4 rings (SSSR count). The topological polar surface area (TPSA) is 17.1 Å². The van der Waals surface area contributed by atoms with Crippen molar-refractivity contribution in [2.24, 2.45) is 34.5 Å². The predicted molar refractivity (Wildman–Crippen MR) is 99.2 cm³/mol. The second-order valence-electron chi connectivity index (χ2n) is 9.33. The van der Waals surface area contributed by atoms with Gasteiger partial charge in [0.05, 0.1) is 0 Å². The van der Waals surface area contributed by atoms with Crippen molar-refractivity contribution < 1.29 is 4.79 Å². The van der Waals surface area contributed by atoms with E-state index in [4.69, 9.17) is 0 Å². The maximum atomic E-state index is 11.9. The van der Waals surface area contributed by atoms with E-state index in [-0.39, 0.29) is 0 Å². The molecule has 1 unspecified atom stereocenters. The SMILES string of the molecule is CC(=P)[C@H]1CC[C@H]2[C@@H]3CCC4=CC(=O)CCC4(C)[C@H]3CC[C@]12C. The molecule has 2 heteroatoms. The van der Waals surface area contributed by atoms with Crippen molar-refractivity contribution in [1.82, 2.24) is 0 Å². The van der Waals surface area contributed by atoms with E-state index in [1.165, 1.54) is 49.4 Å². The minimum absolute atomic E-state index is 0.322. The predicted octanol–water partition coefficient (Wildman–Crippen LogP) is 5.47. The third-order valence-electron chi connectivity index (χ3n) is 8.48. The van der Waals surface area contributed by atoms with Crippen molar-refractivity contribution in [2.45, 2.75) is 72.1 Å². The molecule has 0 aromatic carbocycles. The molecule has 0 N–H and O–H groups in total. The maximum absolute atomic E-state index is 11.9. The molecule has 4 aliphatic carbocycles. The Bertz CT molecular complexity index is 591. The van der Waals surface area contributed by atoms with Gasteiger partial charge in [-0.3, -0.25) is 4.79 Å². The largest absolute Gasteiger partial charge is 0.295 e. The number of ketones is 1. The molecular formula is C21H31OP. The van der Waals surface area contributed by atoms with E-state index in [2.05, 4.69) is 29.6 Å². The van der Waals surface area contributed by atoms with E-state index in [0.717, 1.165) is 36.5 Å². The molecule has 3 saturated carbocycles. The molecule has 0 radical (unpaired) electrons. The molecular weight excluding hydrogens is 299 g/mol. The summed E-state index contributed by atoms with van der Waals surface area (Å²) < 4.78 is 0. The molecule has 0 aromatic rings. The summed E-state index contributed by atoms with van der Waals surface area (Å²) in [4.78, 5) is 11.9. The van der Waals surface area contributed by atoms with Gasteiger partial charge < -0.3 is 0 Å². The minimum Gasteiger partial charge on any atom is -0.295 e. The van der Waals surface area contributed by atoms with Gasteiger partial charge in [0.15, 0.2) is 5.78 Å². The number of allylic oxidation sites excluding steroid dienone is 1. The molecule has 0 aromatic heterocycles. The van der Waals surface area contributed by atoms with Crippen molar-refractivity contribution in [2.75, 3.05) is 0 Å². The van der Waals surface area contributed by atoms with Gasteiger partial charge in [0.25, 0.3) is 0 Å². The molecule has 0 saturated heterocycles. The van der Waals surface area contributed by atoms with Gasteiger partial charge in [-0.1, -0.05) is 19.4 Å². The Balaban J connectivity index is 1.67. The quantitative estimate of drug-likeness (QED) is 0.583. The van der Waals surface area contributed by atoms with Crippen LogP contribution in [0.5, 0.6) is 0 Å². The molecule has 0 amide bonds. The fraction of sp³-hybridized carbons (Fsp3) is 0.810. The Hall–Kier alpha value is -0.420. The van der Waals surface area contributed by atoms with Gasteiger partial charge in [-0.25, -0.2) is 0 Å². The summed E-state index contributed by atoms with van der Waals surface area (Å²) in [5.74, 6) is 3.75. The molecule has 0 spiro atoms. The van der Waals surface area contributed by atoms with Crippen LogP contribution in [-0.4, -0.2) is 11.1 Å². The van der Waals surface area contributed by atoms with Crippen LogP contribution in [0.4, 0.5) is 0 Å². The van der Waals surface area contributed by atoms with Gasteiger partial charge >= 0.3 is 0 Å². The Kier molecular flexibility index (Phi) is 3.69. The van der Waals surface area contributed by atoms with Crippen molar-refractivity contribution >= 4 is 19.9 Å². The van der Waals surface area contributed by atoms with Crippen molar-refractivity contribution in [3.63, 3.8) is 0 Å². The highest BCUT2D eigenvalue weighted by atomic mass is 31.0. The molecule has 4 aliphatic rings. The van der Waals surface area contributed by atoms with Gasteiger partial charge in [0.1, 0.15) is 0 Å². The molecule has 0 aliphatic heterocycles. The molecule has 0 heterocycles. The summed E-state index contributed by atoms with van der Waals surface area (Å²) in [6.45, 7) is 7.34. The summed E-state index contributed by atoms with van der Waals surface area (Å²) in [5.41, 5.74) is 2.33. The average molecular weight is 330 g/mol. The number of rotatable bonds is 1. The van der Waals surface area contributed by atoms with Crippen LogP contribution in [0.2, 0.25) is 0 Å². The van der Waals surface area contributed by atoms with Crippen molar-refractivity contribution in [1.29, 1.82) is 0 Å². The standard InChI is InChI=1S/C21H31OP/c1-13(23)17-6-7-18-16-5-4-14-12-15(22)8-10-20(14,2)19(16)9-11-21(17,18)3/h12,16-19,23H,4-11H2,1-3H3/t16-,17+,18-,19-,20?,21+/m0/s1. The molecule has 6 atom stereocenters. The smallest absolute Gasteiger partial charge is 0.155 e. The minimum atomic E-state index is 0.322. The zero-order valence-corrected chi connectivity index (χ0v) is 16.0. The lowest BCUT2D eigenvalue weighted by Crippen LogP contribution is -2.50. The number of carbonyl (C=O) groups is 1. The Morgan fingerprint density at radius 2 is 1.87 bits per heavy atom. The molecule has 126 valence electrons. The fourth-order valence-electron chi connectivity index (χ4n) is 7.27. The molecule has 0 bridgehead atoms. The summed E-state index contributed by atoms with van der Waals surface area (Å²) in [5, 5.41) is 1.47. The molecule has 23 heavy (non-hydrogen) atoms. The van der Waals surface area contributed by atoms with Crippen molar-refractivity contribution in [3.8, 4) is 0 Å². The van der Waals surface area contributed by atoms with E-state index in [0.29, 0.717) is 16.6 Å². The van der Waals surface area contributed by atoms with Crippen LogP contribution in [0.25, 0.3) is 0 Å². The van der Waals surface area contributed by atoms with Gasteiger partial charge in [-0.05, 0) is 97.7 Å². The van der Waals surface area contributed by atoms with Gasteiger partial charge in [-0.15, -0.1) is 8.86 Å². The first-order valence-electron chi connectivity index (χ1n) is 9.65. The van der Waals surface area contributed by atoms with Crippen LogP contribution in [0.15, 0.2) is 11.6 Å². The van der Waals surface area contributed by atoms with Gasteiger partial charge in [0.2, 0.25) is 0 Å². The normalized spacial score (nSPS) is 49.0. The summed E-state index contributed by atoms with van der Waals surface area (Å²) in [6, 6.07) is 0. The fourth-order valence-corrected chi connectivity index (χ4v) is 7.74. The third kappa shape index (κ3) is 2.18. The van der Waals surface area contributed by atoms with E-state index in [9.17, 15) is 4.79 Å². The van der Waals surface area contributed by atoms with Crippen LogP contribution < -0.4 is 0 Å². The highest BCUT2D eigenvalue weighted by molar-refractivity contribution is 7.21. The van der Waals surface area contributed by atoms with Crippen molar-refractivity contribution in [3.05, 3.63) is 11.6 Å². The first-order chi connectivity index (χ1) is 10.9. The Morgan fingerprint density at radius 3 is 2.61 bits per heavy atom. The monoisotopic (exact) mass is 330 g/mol. The Morgan fingerprint density at radius 1 is 1.09 bits per heavy atom. The van der Waals surface area contributed by atoms with E-state index in [1.54, 1.807) is 0 Å². The molecule has 1 nitrogen and oxygen atoms in total. The highest BCUT2D eigenvalue weighted by Crippen LogP contribution is 2.66. The summed E-state index contributed by atoms with van der Waals surface area (Å²) in [6.07, 6.45) is 12.0. The number of fused-ring (bicyclic) bond motifs is 5. The van der Waals surface area contributed by atoms with E-state index >= 15 is 0 Å². The Labute approximate surface area is 143 Å². The highest BCUT2D eigenvalue weighted by Gasteiger charge is 2.58. The average Bonchev–Trinajstić information content (AvgIpc) is 2.85. The number of hydrogen-bond acceptors (Lipinski definition) is 1. The van der Waals surface area contributed by atoms with Gasteiger partial charge in [0, 0.05) is 6.42 Å². The first kappa shape index (κ1) is 16.1. The number of hydrogen-bond donors (Lipinski definition) is 0.